The van der Waals surface area contributed by atoms with Gasteiger partial charge in [-0.05, 0) is 47.7 Å². The average Bonchev–Trinajstić information content (AvgIpc) is 3.26. The predicted molar refractivity (Wildman–Crippen MR) is 112 cm³/mol. The van der Waals surface area contributed by atoms with Gasteiger partial charge in [0.05, 0.1) is 23.4 Å². The van der Waals surface area contributed by atoms with Gasteiger partial charge in [-0.25, -0.2) is 0 Å². The summed E-state index contributed by atoms with van der Waals surface area (Å²) >= 11 is 0. The second-order valence-electron chi connectivity index (χ2n) is 8.21. The Morgan fingerprint density at radius 2 is 1.46 bits per heavy atom. The monoisotopic (exact) mass is 498 g/mol. The maximum absolute atomic E-state index is 13.1. The molecule has 1 aliphatic rings. The van der Waals surface area contributed by atoms with Gasteiger partial charge in [0.2, 0.25) is 0 Å². The lowest BCUT2D eigenvalue weighted by atomic mass is 10.0. The van der Waals surface area contributed by atoms with Gasteiger partial charge in [0.1, 0.15) is 0 Å². The van der Waals surface area contributed by atoms with Crippen molar-refractivity contribution in [2.75, 3.05) is 26.2 Å². The summed E-state index contributed by atoms with van der Waals surface area (Å²) in [6.07, 6.45) is -10.0. The van der Waals surface area contributed by atoms with Crippen LogP contribution in [0.5, 0.6) is 0 Å². The van der Waals surface area contributed by atoms with Crippen molar-refractivity contribution in [3.8, 4) is 5.69 Å². The van der Waals surface area contributed by atoms with Crippen LogP contribution in [0, 0.1) is 6.92 Å². The Morgan fingerprint density at radius 3 is 2.00 bits per heavy atom. The smallest absolute Gasteiger partial charge is 0.336 e. The van der Waals surface area contributed by atoms with Crippen LogP contribution in [0.2, 0.25) is 0 Å². The molecule has 1 amide bonds. The highest BCUT2D eigenvalue weighted by atomic mass is 19.4. The van der Waals surface area contributed by atoms with E-state index in [-0.39, 0.29) is 19.2 Å². The van der Waals surface area contributed by atoms with Crippen LogP contribution >= 0.6 is 0 Å². The molecule has 4 rings (SSSR count). The Kier molecular flexibility index (Phi) is 6.54. The number of amides is 1. The maximum Gasteiger partial charge on any atom is 0.416 e. The van der Waals surface area contributed by atoms with Gasteiger partial charge in [0.25, 0.3) is 5.91 Å². The number of carbonyl (C=O) groups excluding carboxylic acids is 1. The highest BCUT2D eigenvalue weighted by Crippen LogP contribution is 2.36. The van der Waals surface area contributed by atoms with Crippen molar-refractivity contribution in [2.24, 2.45) is 0 Å². The van der Waals surface area contributed by atoms with Gasteiger partial charge in [-0.1, -0.05) is 17.7 Å². The summed E-state index contributed by atoms with van der Waals surface area (Å²) in [4.78, 5) is 16.0. The topological polar surface area (TPSA) is 67.2 Å². The molecule has 0 N–H and O–H groups in total. The van der Waals surface area contributed by atoms with Crippen LogP contribution in [0.1, 0.15) is 32.9 Å². The zero-order chi connectivity index (χ0) is 25.4. The van der Waals surface area contributed by atoms with E-state index in [0.717, 1.165) is 11.3 Å². The van der Waals surface area contributed by atoms with E-state index in [1.807, 2.05) is 36.1 Å². The number of benzene rings is 2. The molecule has 1 aliphatic heterocycles. The SMILES string of the molecule is Cc1ccc(-n2nnnc2CN2CCN(C(=O)c3cc(C(F)(F)F)cc(C(F)(F)F)c3)CC2)cc1. The summed E-state index contributed by atoms with van der Waals surface area (Å²) in [5.74, 6) is -0.327. The zero-order valence-electron chi connectivity index (χ0n) is 18.4. The zero-order valence-corrected chi connectivity index (χ0v) is 18.4. The summed E-state index contributed by atoms with van der Waals surface area (Å²) in [5.41, 5.74) is -1.83. The Morgan fingerprint density at radius 1 is 0.886 bits per heavy atom. The van der Waals surface area contributed by atoms with Gasteiger partial charge in [-0.2, -0.15) is 31.0 Å². The molecule has 7 nitrogen and oxygen atoms in total. The third-order valence-electron chi connectivity index (χ3n) is 5.67. The van der Waals surface area contributed by atoms with E-state index in [4.69, 9.17) is 0 Å². The highest BCUT2D eigenvalue weighted by Gasteiger charge is 2.38. The predicted octanol–water partition coefficient (Wildman–Crippen LogP) is 3.97. The summed E-state index contributed by atoms with van der Waals surface area (Å²) in [7, 11) is 0. The molecule has 13 heteroatoms. The molecule has 0 aliphatic carbocycles. The summed E-state index contributed by atoms with van der Waals surface area (Å²) in [6.45, 7) is 3.25. The number of hydrogen-bond acceptors (Lipinski definition) is 5. The number of nitrogens with zero attached hydrogens (tertiary/aromatic N) is 6. The first kappa shape index (κ1) is 24.6. The van der Waals surface area contributed by atoms with Crippen LogP contribution in [0.4, 0.5) is 26.3 Å². The minimum absolute atomic E-state index is 0.00689. The van der Waals surface area contributed by atoms with Crippen molar-refractivity contribution in [2.45, 2.75) is 25.8 Å². The number of alkyl halides is 6. The van der Waals surface area contributed by atoms with Crippen molar-refractivity contribution < 1.29 is 31.1 Å². The molecule has 1 saturated heterocycles. The third kappa shape index (κ3) is 5.61. The summed E-state index contributed by atoms with van der Waals surface area (Å²) < 4.78 is 80.4. The van der Waals surface area contributed by atoms with Crippen molar-refractivity contribution in [3.63, 3.8) is 0 Å². The van der Waals surface area contributed by atoms with Crippen molar-refractivity contribution in [1.29, 1.82) is 0 Å². The number of carbonyl (C=O) groups is 1. The number of halogens is 6. The van der Waals surface area contributed by atoms with Crippen molar-refractivity contribution >= 4 is 5.91 Å². The first-order valence-corrected chi connectivity index (χ1v) is 10.6. The fourth-order valence-corrected chi connectivity index (χ4v) is 3.76. The quantitative estimate of drug-likeness (QED) is 0.510. The molecule has 1 aromatic heterocycles. The van der Waals surface area contributed by atoms with Crippen molar-refractivity contribution in [3.05, 3.63) is 70.5 Å². The van der Waals surface area contributed by atoms with Gasteiger partial charge >= 0.3 is 12.4 Å². The molecular weight excluding hydrogens is 478 g/mol. The van der Waals surface area contributed by atoms with Gasteiger partial charge in [0.15, 0.2) is 5.82 Å². The standard InChI is InChI=1S/C22H20F6N6O/c1-14-2-4-18(5-3-14)34-19(29-30-31-34)13-32-6-8-33(9-7-32)20(35)15-10-16(21(23,24)25)12-17(11-15)22(26,27)28/h2-5,10-12H,6-9,13H2,1H3. The Balaban J connectivity index is 1.45. The number of rotatable bonds is 4. The summed E-state index contributed by atoms with van der Waals surface area (Å²) in [6, 6.07) is 8.50. The van der Waals surface area contributed by atoms with E-state index in [0.29, 0.717) is 37.6 Å². The van der Waals surface area contributed by atoms with E-state index in [1.165, 1.54) is 4.90 Å². The normalized spacial score (nSPS) is 15.5. The largest absolute Gasteiger partial charge is 0.416 e. The van der Waals surface area contributed by atoms with E-state index < -0.39 is 35.0 Å². The Hall–Kier alpha value is -3.48. The Bertz CT molecular complexity index is 1160. The van der Waals surface area contributed by atoms with E-state index in [9.17, 15) is 31.1 Å². The van der Waals surface area contributed by atoms with Crippen LogP contribution < -0.4 is 0 Å². The second kappa shape index (κ2) is 9.29. The molecule has 2 aromatic carbocycles. The fraction of sp³-hybridized carbons (Fsp3) is 0.364. The Labute approximate surface area is 195 Å². The lowest BCUT2D eigenvalue weighted by molar-refractivity contribution is -0.143. The van der Waals surface area contributed by atoms with E-state index in [2.05, 4.69) is 15.5 Å². The van der Waals surface area contributed by atoms with Gasteiger partial charge < -0.3 is 4.90 Å². The molecule has 0 radical (unpaired) electrons. The molecule has 0 unspecified atom stereocenters. The minimum Gasteiger partial charge on any atom is -0.336 e. The van der Waals surface area contributed by atoms with Crippen molar-refractivity contribution in [1.82, 2.24) is 30.0 Å². The van der Waals surface area contributed by atoms with E-state index >= 15 is 0 Å². The first-order valence-electron chi connectivity index (χ1n) is 10.6. The number of aryl methyl sites for hydroxylation is 1. The van der Waals surface area contributed by atoms with Gasteiger partial charge in [-0.3, -0.25) is 9.69 Å². The lowest BCUT2D eigenvalue weighted by Crippen LogP contribution is -2.48. The maximum atomic E-state index is 13.1. The molecule has 1 fully saturated rings. The molecule has 0 atom stereocenters. The molecule has 186 valence electrons. The number of aromatic nitrogens is 4. The molecule has 0 bridgehead atoms. The molecular formula is C22H20F6N6O. The van der Waals surface area contributed by atoms with Crippen LogP contribution in [0.25, 0.3) is 5.69 Å². The fourth-order valence-electron chi connectivity index (χ4n) is 3.76. The second-order valence-corrected chi connectivity index (χ2v) is 8.21. The third-order valence-corrected chi connectivity index (χ3v) is 5.67. The van der Waals surface area contributed by atoms with Crippen LogP contribution in [-0.2, 0) is 18.9 Å². The molecule has 0 saturated carbocycles. The molecule has 2 heterocycles. The van der Waals surface area contributed by atoms with Gasteiger partial charge in [-0.15, -0.1) is 5.10 Å². The van der Waals surface area contributed by atoms with E-state index in [1.54, 1.807) is 4.68 Å². The molecule has 35 heavy (non-hydrogen) atoms. The van der Waals surface area contributed by atoms with Gasteiger partial charge in [0, 0.05) is 31.7 Å². The number of piperazine rings is 1. The first-order chi connectivity index (χ1) is 16.4. The summed E-state index contributed by atoms with van der Waals surface area (Å²) in [5, 5.41) is 11.8. The minimum atomic E-state index is -5.02. The number of hydrogen-bond donors (Lipinski definition) is 0. The lowest BCUT2D eigenvalue weighted by Gasteiger charge is -2.34. The van der Waals surface area contributed by atoms with Crippen LogP contribution in [0.3, 0.4) is 0 Å². The highest BCUT2D eigenvalue weighted by molar-refractivity contribution is 5.94. The molecule has 0 spiro atoms. The van der Waals surface area contributed by atoms with Crippen LogP contribution in [-0.4, -0.2) is 62.1 Å². The van der Waals surface area contributed by atoms with Crippen LogP contribution in [0.15, 0.2) is 42.5 Å². The average molecular weight is 498 g/mol. The molecule has 3 aromatic rings. The number of tetrazole rings is 1.